The van der Waals surface area contributed by atoms with Gasteiger partial charge in [0.15, 0.2) is 12.2 Å². The number of aliphatic hydroxyl groups is 2. The zero-order valence-electron chi connectivity index (χ0n) is 14.4. The minimum atomic E-state index is -2.27. The van der Waals surface area contributed by atoms with Crippen molar-refractivity contribution in [3.63, 3.8) is 0 Å². The van der Waals surface area contributed by atoms with Crippen LogP contribution in [0.3, 0.4) is 0 Å². The third-order valence-corrected chi connectivity index (χ3v) is 3.40. The summed E-state index contributed by atoms with van der Waals surface area (Å²) in [7, 11) is 4.10. The summed E-state index contributed by atoms with van der Waals surface area (Å²) < 4.78 is 0. The van der Waals surface area contributed by atoms with Gasteiger partial charge in [-0.05, 0) is 38.2 Å². The zero-order chi connectivity index (χ0) is 19.1. The molecule has 2 unspecified atom stereocenters. The van der Waals surface area contributed by atoms with Gasteiger partial charge in [-0.1, -0.05) is 6.07 Å². The van der Waals surface area contributed by atoms with Gasteiger partial charge in [0.1, 0.15) is 5.75 Å². The summed E-state index contributed by atoms with van der Waals surface area (Å²) in [6, 6.07) is 5.56. The third kappa shape index (κ3) is 6.33. The van der Waals surface area contributed by atoms with Crippen molar-refractivity contribution >= 4 is 22.8 Å². The number of aliphatic hydroxyl groups excluding tert-OH is 2. The Morgan fingerprint density at radius 1 is 1.12 bits per heavy atom. The van der Waals surface area contributed by atoms with Gasteiger partial charge in [-0.15, -0.1) is 0 Å². The van der Waals surface area contributed by atoms with Gasteiger partial charge in [-0.25, -0.2) is 9.59 Å². The number of nitrogens with one attached hydrogen (secondary N) is 1. The number of nitrogens with zero attached hydrogens (tertiary/aromatic N) is 1. The molecule has 0 saturated heterocycles. The van der Waals surface area contributed by atoms with E-state index in [-0.39, 0.29) is 5.48 Å². The summed E-state index contributed by atoms with van der Waals surface area (Å²) >= 11 is 0. The first-order valence-electron chi connectivity index (χ1n) is 7.39. The van der Waals surface area contributed by atoms with Crippen LogP contribution in [0.5, 0.6) is 5.75 Å². The lowest BCUT2D eigenvalue weighted by atomic mass is 10.1. The van der Waals surface area contributed by atoms with Gasteiger partial charge in [0.25, 0.3) is 0 Å². The molecular weight excluding hydrogens is 348 g/mol. The third-order valence-electron chi connectivity index (χ3n) is 3.40. The summed E-state index contributed by atoms with van der Waals surface area (Å²) in [6.45, 7) is 0.987. The average Bonchev–Trinajstić information content (AvgIpc) is 2.96. The van der Waals surface area contributed by atoms with Crippen molar-refractivity contribution in [1.29, 1.82) is 0 Å². The van der Waals surface area contributed by atoms with Crippen LogP contribution >= 0.6 is 0 Å². The number of H-pyrrole nitrogens is 1. The van der Waals surface area contributed by atoms with Crippen molar-refractivity contribution in [3.8, 4) is 5.75 Å². The minimum absolute atomic E-state index is 0. The molecule has 26 heavy (non-hydrogen) atoms. The molecule has 2 rings (SSSR count). The first-order valence-corrected chi connectivity index (χ1v) is 7.39. The fourth-order valence-corrected chi connectivity index (χ4v) is 2.05. The van der Waals surface area contributed by atoms with E-state index in [0.717, 1.165) is 23.9 Å². The maximum Gasteiger partial charge on any atom is 0.335 e. The summed E-state index contributed by atoms with van der Waals surface area (Å²) in [5.74, 6) is -3.17. The fourth-order valence-electron chi connectivity index (χ4n) is 2.05. The fraction of sp³-hybridized carbons (Fsp3) is 0.375. The number of likely N-dealkylation sites (N-methyl/N-ethyl adjacent to an activating group) is 1. The standard InChI is InChI=1S/C12H16N2O.C4H6O6.H2O/c1-14(2)7-6-9-8-13-10-4-3-5-11(15)12(9)10;5-1(3(7)8)2(6)4(9)10;/h3-5,8,13,15H,6-7H2,1-2H3;1-2,5-6H,(H,7,8)(H,9,10);1H2. The molecule has 0 radical (unpaired) electrons. The van der Waals surface area contributed by atoms with E-state index in [2.05, 4.69) is 24.0 Å². The highest BCUT2D eigenvalue weighted by atomic mass is 16.4. The molecule has 0 aliphatic carbocycles. The van der Waals surface area contributed by atoms with Crippen molar-refractivity contribution in [3.05, 3.63) is 30.0 Å². The monoisotopic (exact) mass is 372 g/mol. The molecule has 0 fully saturated rings. The highest BCUT2D eigenvalue weighted by Gasteiger charge is 2.29. The maximum absolute atomic E-state index is 9.77. The van der Waals surface area contributed by atoms with Gasteiger partial charge in [-0.3, -0.25) is 0 Å². The van der Waals surface area contributed by atoms with Crippen molar-refractivity contribution in [2.24, 2.45) is 0 Å². The van der Waals surface area contributed by atoms with Gasteiger partial charge >= 0.3 is 11.9 Å². The van der Waals surface area contributed by atoms with Gasteiger partial charge in [0.05, 0.1) is 0 Å². The van der Waals surface area contributed by atoms with Crippen LogP contribution in [0.1, 0.15) is 5.56 Å². The first-order chi connectivity index (χ1) is 11.6. The largest absolute Gasteiger partial charge is 0.507 e. The molecule has 0 bridgehead atoms. The number of phenols is 1. The van der Waals surface area contributed by atoms with Gasteiger partial charge in [0, 0.05) is 23.6 Å². The lowest BCUT2D eigenvalue weighted by molar-refractivity contribution is -0.165. The van der Waals surface area contributed by atoms with Crippen molar-refractivity contribution < 1.29 is 40.6 Å². The van der Waals surface area contributed by atoms with Gasteiger partial charge in [0.2, 0.25) is 0 Å². The first kappa shape index (κ1) is 23.3. The predicted octanol–water partition coefficient (Wildman–Crippen LogP) is -0.970. The molecule has 2 aromatic rings. The Morgan fingerprint density at radius 2 is 1.65 bits per heavy atom. The number of rotatable bonds is 6. The molecule has 2 atom stereocenters. The summed E-state index contributed by atoms with van der Waals surface area (Å²) in [6.07, 6.45) is -1.60. The second-order valence-corrected chi connectivity index (χ2v) is 5.63. The molecule has 0 amide bonds. The van der Waals surface area contributed by atoms with E-state index in [1.165, 1.54) is 5.56 Å². The van der Waals surface area contributed by atoms with Crippen LogP contribution in [0.15, 0.2) is 24.4 Å². The molecule has 0 saturated carbocycles. The zero-order valence-corrected chi connectivity index (χ0v) is 14.4. The quantitative estimate of drug-likeness (QED) is 0.374. The molecule has 1 aromatic carbocycles. The number of carboxylic acid groups (broad SMARTS) is 2. The Labute approximate surface area is 149 Å². The molecule has 0 aliphatic heterocycles. The molecule has 10 heteroatoms. The highest BCUT2D eigenvalue weighted by molar-refractivity contribution is 5.89. The summed E-state index contributed by atoms with van der Waals surface area (Å²) in [4.78, 5) is 24.9. The average molecular weight is 372 g/mol. The molecule has 0 aliphatic rings. The molecular formula is C16H24N2O8. The van der Waals surface area contributed by atoms with Crippen LogP contribution in [-0.2, 0) is 16.0 Å². The van der Waals surface area contributed by atoms with Crippen LogP contribution in [0.2, 0.25) is 0 Å². The Balaban J connectivity index is 0.000000504. The number of carbonyl (C=O) groups is 2. The topological polar surface area (TPSA) is 186 Å². The summed E-state index contributed by atoms with van der Waals surface area (Å²) in [5.41, 5.74) is 2.18. The normalized spacial score (nSPS) is 12.7. The number of hydrogen-bond acceptors (Lipinski definition) is 6. The highest BCUT2D eigenvalue weighted by Crippen LogP contribution is 2.27. The number of phenolic OH excluding ortho intramolecular Hbond substituents is 1. The molecule has 1 heterocycles. The number of fused-ring (bicyclic) bond motifs is 1. The number of aromatic amines is 1. The van der Waals surface area contributed by atoms with E-state index in [4.69, 9.17) is 20.4 Å². The number of hydrogen-bond donors (Lipinski definition) is 6. The Bertz CT molecular complexity index is 710. The molecule has 0 spiro atoms. The minimum Gasteiger partial charge on any atom is -0.507 e. The van der Waals surface area contributed by atoms with E-state index < -0.39 is 24.1 Å². The maximum atomic E-state index is 9.77. The van der Waals surface area contributed by atoms with Crippen LogP contribution in [0.4, 0.5) is 0 Å². The van der Waals surface area contributed by atoms with Gasteiger partial charge in [-0.2, -0.15) is 0 Å². The molecule has 10 nitrogen and oxygen atoms in total. The molecule has 8 N–H and O–H groups in total. The van der Waals surface area contributed by atoms with E-state index in [0.29, 0.717) is 5.75 Å². The van der Waals surface area contributed by atoms with Crippen LogP contribution < -0.4 is 0 Å². The van der Waals surface area contributed by atoms with E-state index in [1.807, 2.05) is 18.3 Å². The molecule has 146 valence electrons. The second kappa shape index (κ2) is 10.4. The SMILES string of the molecule is CN(C)CCc1c[nH]c2cccc(O)c12.O.O=C(O)C(O)C(O)C(=O)O. The number of aromatic hydroxyl groups is 1. The van der Waals surface area contributed by atoms with Gasteiger partial charge < -0.3 is 40.9 Å². The summed E-state index contributed by atoms with van der Waals surface area (Å²) in [5, 5.41) is 43.3. The van der Waals surface area contributed by atoms with Crippen molar-refractivity contribution in [1.82, 2.24) is 9.88 Å². The van der Waals surface area contributed by atoms with E-state index in [1.54, 1.807) is 6.07 Å². The number of aliphatic carboxylic acids is 2. The second-order valence-electron chi connectivity index (χ2n) is 5.63. The smallest absolute Gasteiger partial charge is 0.335 e. The predicted molar refractivity (Wildman–Crippen MR) is 93.1 cm³/mol. The lowest BCUT2D eigenvalue weighted by Gasteiger charge is -2.08. The van der Waals surface area contributed by atoms with Crippen LogP contribution in [-0.4, -0.2) is 85.7 Å². The van der Waals surface area contributed by atoms with Crippen molar-refractivity contribution in [2.45, 2.75) is 18.6 Å². The number of carboxylic acids is 2. The Kier molecular flexibility index (Phi) is 9.30. The van der Waals surface area contributed by atoms with Crippen LogP contribution in [0, 0.1) is 0 Å². The molecule has 1 aromatic heterocycles. The number of benzene rings is 1. The Hall–Kier alpha value is -2.66. The van der Waals surface area contributed by atoms with Crippen molar-refractivity contribution in [2.75, 3.05) is 20.6 Å². The number of aromatic nitrogens is 1. The van der Waals surface area contributed by atoms with Crippen LogP contribution in [0.25, 0.3) is 10.9 Å². The Morgan fingerprint density at radius 3 is 2.12 bits per heavy atom. The lowest BCUT2D eigenvalue weighted by Crippen LogP contribution is -2.39. The van der Waals surface area contributed by atoms with E-state index >= 15 is 0 Å². The van der Waals surface area contributed by atoms with E-state index in [9.17, 15) is 14.7 Å².